The maximum absolute atomic E-state index is 5.61. The van der Waals surface area contributed by atoms with E-state index in [1.54, 1.807) is 13.2 Å². The number of ether oxygens (including phenoxy) is 3. The molecule has 1 aliphatic rings. The minimum absolute atomic E-state index is 0.268. The van der Waals surface area contributed by atoms with Crippen LogP contribution in [0, 0.1) is 0 Å². The van der Waals surface area contributed by atoms with Crippen molar-refractivity contribution in [1.29, 1.82) is 0 Å². The number of hydrogen-bond donors (Lipinski definition) is 2. The van der Waals surface area contributed by atoms with Crippen molar-refractivity contribution in [3.05, 3.63) is 23.8 Å². The van der Waals surface area contributed by atoms with Crippen molar-refractivity contribution in [1.82, 2.24) is 10.2 Å². The lowest BCUT2D eigenvalue weighted by molar-refractivity contribution is -0.0164. The van der Waals surface area contributed by atoms with E-state index < -0.39 is 0 Å². The maximum atomic E-state index is 5.61. The molecular weight excluding hydrogens is 234 g/mol. The van der Waals surface area contributed by atoms with Crippen LogP contribution in [-0.2, 0) is 11.3 Å². The first kappa shape index (κ1) is 10.9. The number of aromatic nitrogens is 2. The molecule has 3 rings (SSSR count). The highest BCUT2D eigenvalue weighted by Gasteiger charge is 2.17. The van der Waals surface area contributed by atoms with E-state index in [1.165, 1.54) is 0 Å². The summed E-state index contributed by atoms with van der Waals surface area (Å²) < 4.78 is 16.1. The highest BCUT2D eigenvalue weighted by atomic mass is 16.7. The van der Waals surface area contributed by atoms with Crippen molar-refractivity contribution in [2.75, 3.05) is 19.6 Å². The molecule has 94 valence electrons. The van der Waals surface area contributed by atoms with Crippen LogP contribution in [-0.4, -0.2) is 24.1 Å². The fourth-order valence-corrected chi connectivity index (χ4v) is 1.96. The Morgan fingerprint density at radius 3 is 3.00 bits per heavy atom. The molecule has 0 spiro atoms. The summed E-state index contributed by atoms with van der Waals surface area (Å²) in [4.78, 5) is 0. The van der Waals surface area contributed by atoms with Gasteiger partial charge in [0.15, 0.2) is 6.79 Å². The minimum atomic E-state index is 0.268. The zero-order valence-corrected chi connectivity index (χ0v) is 9.90. The number of rotatable bonds is 2. The van der Waals surface area contributed by atoms with Crippen LogP contribution in [0.25, 0.3) is 11.3 Å². The van der Waals surface area contributed by atoms with Gasteiger partial charge in [-0.3, -0.25) is 5.10 Å². The van der Waals surface area contributed by atoms with Gasteiger partial charge in [-0.15, -0.1) is 0 Å². The number of nitrogen functional groups attached to an aromatic ring is 1. The van der Waals surface area contributed by atoms with Crippen molar-refractivity contribution in [2.45, 2.75) is 6.61 Å². The van der Waals surface area contributed by atoms with Crippen molar-refractivity contribution < 1.29 is 14.2 Å². The van der Waals surface area contributed by atoms with Crippen LogP contribution in [0.15, 0.2) is 18.2 Å². The first-order valence-corrected chi connectivity index (χ1v) is 5.50. The van der Waals surface area contributed by atoms with Gasteiger partial charge in [-0.2, -0.15) is 5.10 Å². The standard InChI is InChI=1S/C12H13N3O3/c1-16-11-2-7-5-17-6-18-10(7)3-8(11)9-4-12(13)15-14-9/h2-4H,5-6H2,1H3,(H3,13,14,15). The van der Waals surface area contributed by atoms with Gasteiger partial charge >= 0.3 is 0 Å². The lowest BCUT2D eigenvalue weighted by atomic mass is 10.1. The number of benzene rings is 1. The molecule has 0 saturated carbocycles. The first-order chi connectivity index (χ1) is 8.78. The van der Waals surface area contributed by atoms with Crippen LogP contribution in [0.5, 0.6) is 11.5 Å². The van der Waals surface area contributed by atoms with Gasteiger partial charge in [0.2, 0.25) is 0 Å². The smallest absolute Gasteiger partial charge is 0.189 e. The molecule has 1 aromatic carbocycles. The second-order valence-electron chi connectivity index (χ2n) is 3.98. The third-order valence-corrected chi connectivity index (χ3v) is 2.83. The summed E-state index contributed by atoms with van der Waals surface area (Å²) in [6.07, 6.45) is 0. The Kier molecular flexibility index (Phi) is 2.56. The predicted octanol–water partition coefficient (Wildman–Crippen LogP) is 1.53. The van der Waals surface area contributed by atoms with Gasteiger partial charge < -0.3 is 19.9 Å². The summed E-state index contributed by atoms with van der Waals surface area (Å²) >= 11 is 0. The lowest BCUT2D eigenvalue weighted by Gasteiger charge is -2.19. The number of aromatic amines is 1. The molecule has 0 amide bonds. The van der Waals surface area contributed by atoms with Crippen LogP contribution >= 0.6 is 0 Å². The molecule has 3 N–H and O–H groups in total. The second kappa shape index (κ2) is 4.23. The molecule has 1 aliphatic heterocycles. The van der Waals surface area contributed by atoms with Gasteiger partial charge in [-0.1, -0.05) is 0 Å². The largest absolute Gasteiger partial charge is 0.496 e. The molecule has 1 aromatic heterocycles. The lowest BCUT2D eigenvalue weighted by Crippen LogP contribution is -2.11. The van der Waals surface area contributed by atoms with Crippen LogP contribution in [0.1, 0.15) is 5.56 Å². The summed E-state index contributed by atoms with van der Waals surface area (Å²) in [5, 5.41) is 6.77. The molecule has 2 aromatic rings. The van der Waals surface area contributed by atoms with Crippen molar-refractivity contribution in [3.63, 3.8) is 0 Å². The molecule has 0 unspecified atom stereocenters. The van der Waals surface area contributed by atoms with Gasteiger partial charge in [-0.05, 0) is 12.1 Å². The third kappa shape index (κ3) is 1.76. The number of nitrogens with one attached hydrogen (secondary N) is 1. The van der Waals surface area contributed by atoms with Crippen molar-refractivity contribution in [2.24, 2.45) is 0 Å². The van der Waals surface area contributed by atoms with E-state index in [0.717, 1.165) is 28.3 Å². The number of methoxy groups -OCH3 is 1. The molecular formula is C12H13N3O3. The molecule has 0 radical (unpaired) electrons. The number of anilines is 1. The SMILES string of the molecule is COc1cc2c(cc1-c1cc(N)n[nH]1)OCOC2. The predicted molar refractivity (Wildman–Crippen MR) is 65.3 cm³/mol. The normalized spacial score (nSPS) is 13.8. The summed E-state index contributed by atoms with van der Waals surface area (Å²) in [6, 6.07) is 5.56. The van der Waals surface area contributed by atoms with E-state index in [2.05, 4.69) is 10.2 Å². The number of fused-ring (bicyclic) bond motifs is 1. The Hall–Kier alpha value is -2.21. The van der Waals surface area contributed by atoms with E-state index in [9.17, 15) is 0 Å². The Morgan fingerprint density at radius 1 is 1.39 bits per heavy atom. The zero-order chi connectivity index (χ0) is 12.5. The monoisotopic (exact) mass is 247 g/mol. The van der Waals surface area contributed by atoms with Crippen LogP contribution in [0.3, 0.4) is 0 Å². The fourth-order valence-electron chi connectivity index (χ4n) is 1.96. The van der Waals surface area contributed by atoms with Gasteiger partial charge in [0.1, 0.15) is 17.3 Å². The molecule has 0 atom stereocenters. The Bertz CT molecular complexity index is 580. The first-order valence-electron chi connectivity index (χ1n) is 5.50. The topological polar surface area (TPSA) is 82.4 Å². The van der Waals surface area contributed by atoms with Gasteiger partial charge in [0.05, 0.1) is 19.4 Å². The van der Waals surface area contributed by atoms with Gasteiger partial charge in [-0.25, -0.2) is 0 Å². The third-order valence-electron chi connectivity index (χ3n) is 2.83. The van der Waals surface area contributed by atoms with E-state index >= 15 is 0 Å². The van der Waals surface area contributed by atoms with Gasteiger partial charge in [0, 0.05) is 17.2 Å². The van der Waals surface area contributed by atoms with Crippen LogP contribution in [0.4, 0.5) is 5.82 Å². The zero-order valence-electron chi connectivity index (χ0n) is 9.90. The number of nitrogens with zero attached hydrogens (tertiary/aromatic N) is 1. The Labute approximate surface area is 104 Å². The minimum Gasteiger partial charge on any atom is -0.496 e. The van der Waals surface area contributed by atoms with Crippen molar-refractivity contribution in [3.8, 4) is 22.8 Å². The quantitative estimate of drug-likeness (QED) is 0.841. The highest BCUT2D eigenvalue weighted by Crippen LogP contribution is 2.37. The second-order valence-corrected chi connectivity index (χ2v) is 3.98. The number of H-pyrrole nitrogens is 1. The molecule has 0 saturated heterocycles. The molecule has 18 heavy (non-hydrogen) atoms. The van der Waals surface area contributed by atoms with E-state index in [-0.39, 0.29) is 6.79 Å². The summed E-state index contributed by atoms with van der Waals surface area (Å²) in [6.45, 7) is 0.793. The summed E-state index contributed by atoms with van der Waals surface area (Å²) in [5.74, 6) is 1.96. The van der Waals surface area contributed by atoms with Gasteiger partial charge in [0.25, 0.3) is 0 Å². The van der Waals surface area contributed by atoms with Crippen LogP contribution in [0.2, 0.25) is 0 Å². The maximum Gasteiger partial charge on any atom is 0.189 e. The summed E-state index contributed by atoms with van der Waals surface area (Å²) in [5.41, 5.74) is 8.23. The average Bonchev–Trinajstić information content (AvgIpc) is 2.83. The molecule has 0 bridgehead atoms. The molecule has 6 heteroatoms. The van der Waals surface area contributed by atoms with Crippen LogP contribution < -0.4 is 15.2 Å². The summed E-state index contributed by atoms with van der Waals surface area (Å²) in [7, 11) is 1.62. The van der Waals surface area contributed by atoms with Crippen molar-refractivity contribution >= 4 is 5.82 Å². The Morgan fingerprint density at radius 2 is 2.28 bits per heavy atom. The van der Waals surface area contributed by atoms with E-state index in [1.807, 2.05) is 12.1 Å². The highest BCUT2D eigenvalue weighted by molar-refractivity contribution is 5.72. The van der Waals surface area contributed by atoms with E-state index in [4.69, 9.17) is 19.9 Å². The molecule has 6 nitrogen and oxygen atoms in total. The average molecular weight is 247 g/mol. The molecule has 0 aliphatic carbocycles. The molecule has 2 heterocycles. The Balaban J connectivity index is 2.12. The number of hydrogen-bond acceptors (Lipinski definition) is 5. The van der Waals surface area contributed by atoms with E-state index in [0.29, 0.717) is 12.4 Å². The molecule has 0 fully saturated rings. The fraction of sp³-hybridized carbons (Fsp3) is 0.250. The number of nitrogens with two attached hydrogens (primary N) is 1.